The molecule has 0 aliphatic carbocycles. The number of fused-ring (bicyclic) bond motifs is 1. The quantitative estimate of drug-likeness (QED) is 0.851. The van der Waals surface area contributed by atoms with E-state index in [1.807, 2.05) is 25.4 Å². The molecule has 1 aromatic heterocycles. The fraction of sp³-hybridized carbons (Fsp3) is 0.333. The number of rotatable bonds is 3. The molecule has 2 rings (SSSR count). The Morgan fingerprint density at radius 3 is 2.93 bits per heavy atom. The van der Waals surface area contributed by atoms with Gasteiger partial charge in [0.15, 0.2) is 0 Å². The molecule has 0 saturated carbocycles. The fourth-order valence-corrected chi connectivity index (χ4v) is 2.11. The third kappa shape index (κ3) is 2.01. The molecule has 2 nitrogen and oxygen atoms in total. The summed E-state index contributed by atoms with van der Waals surface area (Å²) in [7, 11) is 2.01. The molecular formula is C12H14ClNO. The predicted octanol–water partition coefficient (Wildman–Crippen LogP) is 2.76. The van der Waals surface area contributed by atoms with Gasteiger partial charge in [0.05, 0.1) is 5.02 Å². The van der Waals surface area contributed by atoms with Crippen molar-refractivity contribution in [1.29, 1.82) is 0 Å². The smallest absolute Gasteiger partial charge is 0.0502 e. The molecule has 2 aromatic rings. The van der Waals surface area contributed by atoms with Gasteiger partial charge in [0.1, 0.15) is 0 Å². The lowest BCUT2D eigenvalue weighted by Gasteiger charge is -2.04. The molecular weight excluding hydrogens is 210 g/mol. The van der Waals surface area contributed by atoms with Crippen molar-refractivity contribution in [1.82, 2.24) is 4.57 Å². The van der Waals surface area contributed by atoms with Crippen LogP contribution in [0.5, 0.6) is 0 Å². The van der Waals surface area contributed by atoms with Crippen molar-refractivity contribution < 1.29 is 5.11 Å². The van der Waals surface area contributed by atoms with Crippen LogP contribution in [0.15, 0.2) is 24.4 Å². The molecule has 3 heteroatoms. The van der Waals surface area contributed by atoms with Crippen LogP contribution >= 0.6 is 11.6 Å². The number of aliphatic hydroxyl groups is 1. The molecule has 1 heterocycles. The first-order valence-corrected chi connectivity index (χ1v) is 5.44. The average molecular weight is 224 g/mol. The molecule has 0 fully saturated rings. The lowest BCUT2D eigenvalue weighted by molar-refractivity contribution is 0.288. The molecule has 0 saturated heterocycles. The van der Waals surface area contributed by atoms with E-state index in [1.54, 1.807) is 0 Å². The van der Waals surface area contributed by atoms with Gasteiger partial charge in [0.2, 0.25) is 0 Å². The number of hydrogen-bond donors (Lipinski definition) is 1. The molecule has 15 heavy (non-hydrogen) atoms. The average Bonchev–Trinajstić information content (AvgIpc) is 2.58. The van der Waals surface area contributed by atoms with Crippen molar-refractivity contribution in [3.05, 3.63) is 35.0 Å². The third-order valence-electron chi connectivity index (χ3n) is 2.64. The minimum atomic E-state index is 0.225. The predicted molar refractivity (Wildman–Crippen MR) is 63.3 cm³/mol. The zero-order chi connectivity index (χ0) is 10.8. The molecule has 0 aliphatic rings. The Labute approximate surface area is 94.1 Å². The summed E-state index contributed by atoms with van der Waals surface area (Å²) >= 11 is 6.18. The van der Waals surface area contributed by atoms with E-state index in [0.717, 1.165) is 28.8 Å². The molecule has 0 atom stereocenters. The van der Waals surface area contributed by atoms with Crippen LogP contribution in [0.2, 0.25) is 5.02 Å². The molecule has 1 aromatic carbocycles. The van der Waals surface area contributed by atoms with Gasteiger partial charge in [-0.15, -0.1) is 0 Å². The highest BCUT2D eigenvalue weighted by Crippen LogP contribution is 2.26. The van der Waals surface area contributed by atoms with E-state index in [0.29, 0.717) is 0 Å². The van der Waals surface area contributed by atoms with E-state index in [2.05, 4.69) is 10.6 Å². The van der Waals surface area contributed by atoms with Crippen LogP contribution in [-0.4, -0.2) is 16.3 Å². The highest BCUT2D eigenvalue weighted by atomic mass is 35.5. The molecule has 0 bridgehead atoms. The van der Waals surface area contributed by atoms with E-state index in [-0.39, 0.29) is 6.61 Å². The van der Waals surface area contributed by atoms with Crippen LogP contribution in [0, 0.1) is 0 Å². The monoisotopic (exact) mass is 223 g/mol. The number of halogens is 1. The maximum absolute atomic E-state index is 8.79. The molecule has 0 amide bonds. The SMILES string of the molecule is Cn1ccc2c(Cl)cc(CCCO)cc21. The molecule has 0 radical (unpaired) electrons. The lowest BCUT2D eigenvalue weighted by Crippen LogP contribution is -1.91. The summed E-state index contributed by atoms with van der Waals surface area (Å²) in [6, 6.07) is 6.14. The van der Waals surface area contributed by atoms with Gasteiger partial charge in [-0.25, -0.2) is 0 Å². The number of aromatic nitrogens is 1. The lowest BCUT2D eigenvalue weighted by atomic mass is 10.1. The van der Waals surface area contributed by atoms with Gasteiger partial charge in [-0.3, -0.25) is 0 Å². The Hall–Kier alpha value is -0.990. The minimum Gasteiger partial charge on any atom is -0.396 e. The summed E-state index contributed by atoms with van der Waals surface area (Å²) in [5.41, 5.74) is 2.33. The second kappa shape index (κ2) is 4.25. The number of benzene rings is 1. The summed E-state index contributed by atoms with van der Waals surface area (Å²) in [5.74, 6) is 0. The summed E-state index contributed by atoms with van der Waals surface area (Å²) in [5, 5.41) is 10.7. The first-order chi connectivity index (χ1) is 7.22. The van der Waals surface area contributed by atoms with E-state index in [1.165, 1.54) is 5.56 Å². The molecule has 1 N–H and O–H groups in total. The van der Waals surface area contributed by atoms with Crippen molar-refractivity contribution >= 4 is 22.5 Å². The second-order valence-electron chi connectivity index (χ2n) is 3.76. The van der Waals surface area contributed by atoms with Gasteiger partial charge < -0.3 is 9.67 Å². The Kier molecular flexibility index (Phi) is 2.98. The first kappa shape index (κ1) is 10.5. The normalized spacial score (nSPS) is 11.1. The third-order valence-corrected chi connectivity index (χ3v) is 2.95. The molecule has 80 valence electrons. The van der Waals surface area contributed by atoms with Crippen LogP contribution in [-0.2, 0) is 13.5 Å². The Balaban J connectivity index is 2.45. The zero-order valence-corrected chi connectivity index (χ0v) is 9.46. The van der Waals surface area contributed by atoms with E-state index < -0.39 is 0 Å². The van der Waals surface area contributed by atoms with Crippen molar-refractivity contribution in [2.75, 3.05) is 6.61 Å². The van der Waals surface area contributed by atoms with Gasteiger partial charge in [-0.05, 0) is 36.6 Å². The van der Waals surface area contributed by atoms with Gasteiger partial charge in [0.25, 0.3) is 0 Å². The van der Waals surface area contributed by atoms with Crippen LogP contribution in [0.3, 0.4) is 0 Å². The summed E-state index contributed by atoms with van der Waals surface area (Å²) in [6.45, 7) is 0.225. The highest BCUT2D eigenvalue weighted by Gasteiger charge is 2.04. The standard InChI is InChI=1S/C12H14ClNO/c1-14-5-4-10-11(13)7-9(3-2-6-15)8-12(10)14/h4-5,7-8,15H,2-3,6H2,1H3. The maximum Gasteiger partial charge on any atom is 0.0502 e. The molecule has 0 spiro atoms. The zero-order valence-electron chi connectivity index (χ0n) is 8.70. The number of hydrogen-bond acceptors (Lipinski definition) is 1. The van der Waals surface area contributed by atoms with E-state index >= 15 is 0 Å². The van der Waals surface area contributed by atoms with E-state index in [4.69, 9.17) is 16.7 Å². The molecule has 0 aliphatic heterocycles. The number of aryl methyl sites for hydroxylation is 2. The Bertz CT molecular complexity index is 476. The highest BCUT2D eigenvalue weighted by molar-refractivity contribution is 6.35. The topological polar surface area (TPSA) is 25.2 Å². The summed E-state index contributed by atoms with van der Waals surface area (Å²) in [6.07, 6.45) is 3.66. The van der Waals surface area contributed by atoms with Crippen molar-refractivity contribution in [3.8, 4) is 0 Å². The summed E-state index contributed by atoms with van der Waals surface area (Å²) < 4.78 is 2.06. The van der Waals surface area contributed by atoms with Crippen molar-refractivity contribution in [2.45, 2.75) is 12.8 Å². The van der Waals surface area contributed by atoms with Crippen molar-refractivity contribution in [2.24, 2.45) is 7.05 Å². The first-order valence-electron chi connectivity index (χ1n) is 5.06. The van der Waals surface area contributed by atoms with E-state index in [9.17, 15) is 0 Å². The summed E-state index contributed by atoms with van der Waals surface area (Å²) in [4.78, 5) is 0. The van der Waals surface area contributed by atoms with Crippen LogP contribution in [0.25, 0.3) is 10.9 Å². The van der Waals surface area contributed by atoms with Gasteiger partial charge in [0, 0.05) is 30.8 Å². The largest absolute Gasteiger partial charge is 0.396 e. The molecule has 0 unspecified atom stereocenters. The van der Waals surface area contributed by atoms with Gasteiger partial charge in [-0.2, -0.15) is 0 Å². The number of nitrogens with zero attached hydrogens (tertiary/aromatic N) is 1. The Morgan fingerprint density at radius 1 is 1.40 bits per heavy atom. The van der Waals surface area contributed by atoms with Gasteiger partial charge >= 0.3 is 0 Å². The van der Waals surface area contributed by atoms with Gasteiger partial charge in [-0.1, -0.05) is 11.6 Å². The second-order valence-corrected chi connectivity index (χ2v) is 4.17. The van der Waals surface area contributed by atoms with Crippen LogP contribution < -0.4 is 0 Å². The van der Waals surface area contributed by atoms with Crippen molar-refractivity contribution in [3.63, 3.8) is 0 Å². The maximum atomic E-state index is 8.79. The van der Waals surface area contributed by atoms with Crippen LogP contribution in [0.1, 0.15) is 12.0 Å². The number of aliphatic hydroxyl groups excluding tert-OH is 1. The fourth-order valence-electron chi connectivity index (χ4n) is 1.81. The Morgan fingerprint density at radius 2 is 2.20 bits per heavy atom. The van der Waals surface area contributed by atoms with Crippen LogP contribution in [0.4, 0.5) is 0 Å². The minimum absolute atomic E-state index is 0.225.